The fraction of sp³-hybridized carbons (Fsp3) is 0.667. The summed E-state index contributed by atoms with van der Waals surface area (Å²) in [5.74, 6) is 0. The van der Waals surface area contributed by atoms with E-state index >= 15 is 0 Å². The third-order valence-corrected chi connectivity index (χ3v) is 3.81. The van der Waals surface area contributed by atoms with E-state index in [1.165, 1.54) is 6.42 Å². The number of likely N-dealkylation sites (tertiary alicyclic amines) is 1. The second kappa shape index (κ2) is 6.30. The van der Waals surface area contributed by atoms with Gasteiger partial charge in [-0.15, -0.1) is 0 Å². The van der Waals surface area contributed by atoms with Crippen molar-refractivity contribution < 1.29 is 5.11 Å². The van der Waals surface area contributed by atoms with Crippen LogP contribution in [-0.2, 0) is 6.42 Å². The molecular formula is C15H24N2O. The Morgan fingerprint density at radius 3 is 3.00 bits per heavy atom. The maximum atomic E-state index is 10.7. The fourth-order valence-corrected chi connectivity index (χ4v) is 2.83. The van der Waals surface area contributed by atoms with Gasteiger partial charge < -0.3 is 10.0 Å². The first-order valence-electron chi connectivity index (χ1n) is 7.05. The van der Waals surface area contributed by atoms with Gasteiger partial charge in [0.2, 0.25) is 0 Å². The summed E-state index contributed by atoms with van der Waals surface area (Å²) in [6.45, 7) is 5.52. The molecule has 100 valence electrons. The summed E-state index contributed by atoms with van der Waals surface area (Å²) in [6, 6.07) is 4.00. The summed E-state index contributed by atoms with van der Waals surface area (Å²) in [7, 11) is 0. The summed E-state index contributed by atoms with van der Waals surface area (Å²) in [6.07, 6.45) is 8.46. The molecular weight excluding hydrogens is 224 g/mol. The minimum Gasteiger partial charge on any atom is -0.389 e. The van der Waals surface area contributed by atoms with E-state index < -0.39 is 5.60 Å². The van der Waals surface area contributed by atoms with Crippen LogP contribution in [0.5, 0.6) is 0 Å². The van der Waals surface area contributed by atoms with E-state index in [2.05, 4.69) is 22.9 Å². The molecule has 0 bridgehead atoms. The number of pyridine rings is 1. The lowest BCUT2D eigenvalue weighted by atomic mass is 9.88. The van der Waals surface area contributed by atoms with Gasteiger partial charge in [-0.1, -0.05) is 13.0 Å². The van der Waals surface area contributed by atoms with E-state index in [1.54, 1.807) is 6.20 Å². The number of hydrogen-bond acceptors (Lipinski definition) is 3. The Bertz CT molecular complexity index is 355. The molecule has 0 radical (unpaired) electrons. The Hall–Kier alpha value is -0.930. The van der Waals surface area contributed by atoms with Gasteiger partial charge >= 0.3 is 0 Å². The van der Waals surface area contributed by atoms with Crippen LogP contribution in [0.25, 0.3) is 0 Å². The zero-order chi connectivity index (χ0) is 12.8. The number of rotatable bonds is 4. The van der Waals surface area contributed by atoms with Crippen molar-refractivity contribution in [3.63, 3.8) is 0 Å². The van der Waals surface area contributed by atoms with E-state index in [0.717, 1.165) is 50.9 Å². The van der Waals surface area contributed by atoms with Crippen LogP contribution >= 0.6 is 0 Å². The normalized spacial score (nSPS) is 25.9. The van der Waals surface area contributed by atoms with Gasteiger partial charge in [0.05, 0.1) is 5.60 Å². The topological polar surface area (TPSA) is 36.4 Å². The lowest BCUT2D eigenvalue weighted by Gasteiger charge is -2.27. The third-order valence-electron chi connectivity index (χ3n) is 3.81. The van der Waals surface area contributed by atoms with Crippen LogP contribution in [0.4, 0.5) is 0 Å². The lowest BCUT2D eigenvalue weighted by molar-refractivity contribution is 0.0256. The van der Waals surface area contributed by atoms with Crippen LogP contribution in [0.3, 0.4) is 0 Å². The van der Waals surface area contributed by atoms with Crippen molar-refractivity contribution >= 4 is 0 Å². The van der Waals surface area contributed by atoms with Crippen LogP contribution in [0.15, 0.2) is 24.5 Å². The Balaban J connectivity index is 1.95. The van der Waals surface area contributed by atoms with Crippen LogP contribution in [0, 0.1) is 0 Å². The smallest absolute Gasteiger partial charge is 0.0701 e. The Labute approximate surface area is 110 Å². The molecule has 1 fully saturated rings. The Kier molecular flexibility index (Phi) is 4.72. The van der Waals surface area contributed by atoms with Gasteiger partial charge in [0, 0.05) is 25.4 Å². The van der Waals surface area contributed by atoms with Crippen LogP contribution in [0.2, 0.25) is 0 Å². The van der Waals surface area contributed by atoms with Gasteiger partial charge in [0.15, 0.2) is 0 Å². The molecule has 3 nitrogen and oxygen atoms in total. The molecule has 1 aromatic rings. The zero-order valence-electron chi connectivity index (χ0n) is 11.3. The molecule has 3 heteroatoms. The third kappa shape index (κ3) is 3.79. The van der Waals surface area contributed by atoms with Gasteiger partial charge in [0.1, 0.15) is 0 Å². The van der Waals surface area contributed by atoms with Crippen molar-refractivity contribution in [1.29, 1.82) is 0 Å². The van der Waals surface area contributed by atoms with E-state index in [9.17, 15) is 5.11 Å². The van der Waals surface area contributed by atoms with E-state index in [1.807, 2.05) is 12.3 Å². The summed E-state index contributed by atoms with van der Waals surface area (Å²) in [5, 5.41) is 10.7. The van der Waals surface area contributed by atoms with E-state index in [-0.39, 0.29) is 0 Å². The Morgan fingerprint density at radius 1 is 1.39 bits per heavy atom. The highest BCUT2D eigenvalue weighted by Gasteiger charge is 2.30. The monoisotopic (exact) mass is 248 g/mol. The summed E-state index contributed by atoms with van der Waals surface area (Å²) < 4.78 is 0. The standard InChI is InChI=1S/C15H24N2O/c1-2-9-17-10-4-6-15(18,7-11-17)12-14-5-3-8-16-13-14/h3,5,8,13,18H,2,4,6-7,9-12H2,1H3. The molecule has 1 atom stereocenters. The quantitative estimate of drug-likeness (QED) is 0.888. The minimum absolute atomic E-state index is 0.536. The SMILES string of the molecule is CCCN1CCCC(O)(Cc2cccnc2)CC1. The van der Waals surface area contributed by atoms with Crippen LogP contribution in [-0.4, -0.2) is 40.2 Å². The molecule has 1 N–H and O–H groups in total. The number of nitrogens with zero attached hydrogens (tertiary/aromatic N) is 2. The van der Waals surface area contributed by atoms with Gasteiger partial charge in [-0.2, -0.15) is 0 Å². The molecule has 1 aliphatic heterocycles. The van der Waals surface area contributed by atoms with Crippen LogP contribution in [0.1, 0.15) is 38.2 Å². The first kappa shape index (κ1) is 13.5. The number of hydrogen-bond donors (Lipinski definition) is 1. The molecule has 0 aromatic carbocycles. The number of aliphatic hydroxyl groups is 1. The average Bonchev–Trinajstić information content (AvgIpc) is 2.54. The molecule has 18 heavy (non-hydrogen) atoms. The molecule has 0 amide bonds. The maximum absolute atomic E-state index is 10.7. The Morgan fingerprint density at radius 2 is 2.28 bits per heavy atom. The molecule has 1 unspecified atom stereocenters. The van der Waals surface area contributed by atoms with Crippen molar-refractivity contribution in [3.05, 3.63) is 30.1 Å². The first-order valence-corrected chi connectivity index (χ1v) is 7.05. The fourth-order valence-electron chi connectivity index (χ4n) is 2.83. The summed E-state index contributed by atoms with van der Waals surface area (Å²) in [4.78, 5) is 6.60. The van der Waals surface area contributed by atoms with Crippen molar-refractivity contribution in [2.45, 2.75) is 44.6 Å². The van der Waals surface area contributed by atoms with Crippen molar-refractivity contribution in [1.82, 2.24) is 9.88 Å². The highest BCUT2D eigenvalue weighted by atomic mass is 16.3. The highest BCUT2D eigenvalue weighted by molar-refractivity contribution is 5.12. The second-order valence-electron chi connectivity index (χ2n) is 5.46. The van der Waals surface area contributed by atoms with Gasteiger partial charge in [-0.3, -0.25) is 4.98 Å². The van der Waals surface area contributed by atoms with Crippen molar-refractivity contribution in [2.24, 2.45) is 0 Å². The molecule has 2 heterocycles. The minimum atomic E-state index is -0.536. The molecule has 1 saturated heterocycles. The molecule has 0 aliphatic carbocycles. The average molecular weight is 248 g/mol. The second-order valence-corrected chi connectivity index (χ2v) is 5.46. The van der Waals surface area contributed by atoms with Gasteiger partial charge in [0.25, 0.3) is 0 Å². The molecule has 1 aromatic heterocycles. The molecule has 0 spiro atoms. The summed E-state index contributed by atoms with van der Waals surface area (Å²) in [5.41, 5.74) is 0.606. The maximum Gasteiger partial charge on any atom is 0.0701 e. The van der Waals surface area contributed by atoms with Crippen LogP contribution < -0.4 is 0 Å². The predicted octanol–water partition coefficient (Wildman–Crippen LogP) is 2.25. The molecule has 0 saturated carbocycles. The van der Waals surface area contributed by atoms with Crippen molar-refractivity contribution in [2.75, 3.05) is 19.6 Å². The van der Waals surface area contributed by atoms with E-state index in [4.69, 9.17) is 0 Å². The van der Waals surface area contributed by atoms with E-state index in [0.29, 0.717) is 0 Å². The molecule has 1 aliphatic rings. The number of aromatic nitrogens is 1. The predicted molar refractivity (Wildman–Crippen MR) is 73.5 cm³/mol. The van der Waals surface area contributed by atoms with Gasteiger partial charge in [-0.25, -0.2) is 0 Å². The lowest BCUT2D eigenvalue weighted by Crippen LogP contribution is -2.33. The largest absolute Gasteiger partial charge is 0.389 e. The first-order chi connectivity index (χ1) is 8.72. The van der Waals surface area contributed by atoms with Crippen molar-refractivity contribution in [3.8, 4) is 0 Å². The van der Waals surface area contributed by atoms with Gasteiger partial charge in [-0.05, 0) is 50.4 Å². The zero-order valence-corrected chi connectivity index (χ0v) is 11.3. The molecule has 2 rings (SSSR count). The highest BCUT2D eigenvalue weighted by Crippen LogP contribution is 2.26. The summed E-state index contributed by atoms with van der Waals surface area (Å²) >= 11 is 0.